The largest absolute Gasteiger partial charge is 0.390 e. The van der Waals surface area contributed by atoms with Crippen LogP contribution in [0.3, 0.4) is 0 Å². The van der Waals surface area contributed by atoms with Crippen molar-refractivity contribution in [2.75, 3.05) is 11.9 Å². The Morgan fingerprint density at radius 3 is 2.68 bits per heavy atom. The average molecular weight is 295 g/mol. The van der Waals surface area contributed by atoms with Crippen LogP contribution in [0, 0.1) is 0 Å². The Hall–Kier alpha value is -1.27. The number of halogens is 4. The molecule has 1 aromatic rings. The molecule has 1 aromatic carbocycles. The smallest absolute Gasteiger partial charge is 0.325 e. The Morgan fingerprint density at radius 1 is 1.42 bits per heavy atom. The van der Waals surface area contributed by atoms with E-state index in [2.05, 4.69) is 10.6 Å². The molecule has 0 aromatic heterocycles. The van der Waals surface area contributed by atoms with Crippen molar-refractivity contribution in [2.24, 2.45) is 0 Å². The van der Waals surface area contributed by atoms with E-state index in [1.54, 1.807) is 24.3 Å². The van der Waals surface area contributed by atoms with Crippen molar-refractivity contribution in [1.82, 2.24) is 5.32 Å². The van der Waals surface area contributed by atoms with Crippen LogP contribution in [0.5, 0.6) is 0 Å². The Kier molecular flexibility index (Phi) is 5.62. The van der Waals surface area contributed by atoms with Gasteiger partial charge in [0.05, 0.1) is 13.0 Å². The second kappa shape index (κ2) is 6.77. The topological polar surface area (TPSA) is 41.1 Å². The van der Waals surface area contributed by atoms with Crippen LogP contribution >= 0.6 is 11.6 Å². The van der Waals surface area contributed by atoms with Gasteiger partial charge in [-0.1, -0.05) is 17.7 Å². The second-order valence-corrected chi connectivity index (χ2v) is 4.60. The molecule has 7 heteroatoms. The van der Waals surface area contributed by atoms with Crippen LogP contribution < -0.4 is 10.6 Å². The number of carbonyl (C=O) groups is 1. The minimum absolute atomic E-state index is 0.191. The molecule has 0 saturated carbocycles. The van der Waals surface area contributed by atoms with E-state index in [0.717, 1.165) is 0 Å². The van der Waals surface area contributed by atoms with Crippen LogP contribution in [-0.2, 0) is 4.79 Å². The highest BCUT2D eigenvalue weighted by Crippen LogP contribution is 2.21. The first-order valence-electron chi connectivity index (χ1n) is 5.62. The molecule has 106 valence electrons. The molecule has 0 radical (unpaired) electrons. The first-order valence-corrected chi connectivity index (χ1v) is 5.99. The summed E-state index contributed by atoms with van der Waals surface area (Å²) in [6.07, 6.45) is -5.21. The van der Waals surface area contributed by atoms with E-state index < -0.39 is 24.5 Å². The third-order valence-electron chi connectivity index (χ3n) is 2.26. The van der Waals surface area contributed by atoms with Crippen molar-refractivity contribution >= 4 is 23.2 Å². The standard InChI is InChI=1S/C12H14ClF3N2O/c1-8(6-12(14,15)16)17-7-11(19)18-10-4-2-3-9(13)5-10/h2-5,8,17H,6-7H2,1H3,(H,18,19). The molecule has 3 nitrogen and oxygen atoms in total. The normalized spacial score (nSPS) is 13.1. The van der Waals surface area contributed by atoms with Crippen molar-refractivity contribution in [3.63, 3.8) is 0 Å². The van der Waals surface area contributed by atoms with Gasteiger partial charge in [0.2, 0.25) is 5.91 Å². The van der Waals surface area contributed by atoms with Gasteiger partial charge in [-0.05, 0) is 25.1 Å². The minimum atomic E-state index is -4.24. The summed E-state index contributed by atoms with van der Waals surface area (Å²) >= 11 is 5.74. The van der Waals surface area contributed by atoms with Gasteiger partial charge in [0, 0.05) is 16.8 Å². The maximum absolute atomic E-state index is 12.1. The van der Waals surface area contributed by atoms with Crippen molar-refractivity contribution in [3.8, 4) is 0 Å². The van der Waals surface area contributed by atoms with Crippen LogP contribution in [0.25, 0.3) is 0 Å². The third-order valence-corrected chi connectivity index (χ3v) is 2.49. The monoisotopic (exact) mass is 294 g/mol. The summed E-state index contributed by atoms with van der Waals surface area (Å²) in [5, 5.41) is 5.51. The first-order chi connectivity index (χ1) is 8.76. The Bertz CT molecular complexity index is 437. The van der Waals surface area contributed by atoms with Gasteiger partial charge in [-0.15, -0.1) is 0 Å². The highest BCUT2D eigenvalue weighted by molar-refractivity contribution is 6.30. The Labute approximate surface area is 114 Å². The first kappa shape index (κ1) is 15.8. The number of carbonyl (C=O) groups excluding carboxylic acids is 1. The van der Waals surface area contributed by atoms with Crippen LogP contribution in [0.2, 0.25) is 5.02 Å². The van der Waals surface area contributed by atoms with Crippen molar-refractivity contribution < 1.29 is 18.0 Å². The van der Waals surface area contributed by atoms with E-state index in [4.69, 9.17) is 11.6 Å². The van der Waals surface area contributed by atoms with E-state index in [1.165, 1.54) is 6.92 Å². The quantitative estimate of drug-likeness (QED) is 0.875. The van der Waals surface area contributed by atoms with Gasteiger partial charge in [-0.25, -0.2) is 0 Å². The van der Waals surface area contributed by atoms with Crippen molar-refractivity contribution in [1.29, 1.82) is 0 Å². The lowest BCUT2D eigenvalue weighted by molar-refractivity contribution is -0.139. The summed E-state index contributed by atoms with van der Waals surface area (Å²) in [5.41, 5.74) is 0.503. The number of nitrogens with one attached hydrogen (secondary N) is 2. The summed E-state index contributed by atoms with van der Waals surface area (Å²) in [7, 11) is 0. The van der Waals surface area contributed by atoms with Crippen molar-refractivity contribution in [3.05, 3.63) is 29.3 Å². The summed E-state index contributed by atoms with van der Waals surface area (Å²) in [6, 6.07) is 5.70. The van der Waals surface area contributed by atoms with Crippen molar-refractivity contribution in [2.45, 2.75) is 25.6 Å². The van der Waals surface area contributed by atoms with Gasteiger partial charge >= 0.3 is 6.18 Å². The van der Waals surface area contributed by atoms with Crippen LogP contribution in [0.15, 0.2) is 24.3 Å². The molecule has 0 saturated heterocycles. The molecule has 1 amide bonds. The summed E-state index contributed by atoms with van der Waals surface area (Å²) < 4.78 is 36.2. The number of hydrogen-bond donors (Lipinski definition) is 2. The fourth-order valence-electron chi connectivity index (χ4n) is 1.46. The molecule has 0 spiro atoms. The SMILES string of the molecule is CC(CC(F)(F)F)NCC(=O)Nc1cccc(Cl)c1. The zero-order valence-electron chi connectivity index (χ0n) is 10.2. The Balaban J connectivity index is 2.36. The molecule has 0 heterocycles. The Morgan fingerprint density at radius 2 is 2.11 bits per heavy atom. The van der Waals surface area contributed by atoms with Gasteiger partial charge in [-0.2, -0.15) is 13.2 Å². The van der Waals surface area contributed by atoms with E-state index in [0.29, 0.717) is 10.7 Å². The van der Waals surface area contributed by atoms with Crippen LogP contribution in [0.1, 0.15) is 13.3 Å². The molecule has 0 fully saturated rings. The predicted molar refractivity (Wildman–Crippen MR) is 68.2 cm³/mol. The molecule has 2 N–H and O–H groups in total. The molecule has 0 aliphatic carbocycles. The van der Waals surface area contributed by atoms with E-state index in [9.17, 15) is 18.0 Å². The number of hydrogen-bond acceptors (Lipinski definition) is 2. The lowest BCUT2D eigenvalue weighted by Gasteiger charge is -2.15. The van der Waals surface area contributed by atoms with E-state index in [1.807, 2.05) is 0 Å². The highest BCUT2D eigenvalue weighted by atomic mass is 35.5. The minimum Gasteiger partial charge on any atom is -0.325 e. The molecular formula is C12H14ClF3N2O. The number of anilines is 1. The van der Waals surface area contributed by atoms with E-state index in [-0.39, 0.29) is 6.54 Å². The summed E-state index contributed by atoms with van der Waals surface area (Å²) in [5.74, 6) is -0.420. The number of rotatable bonds is 5. The third kappa shape index (κ3) is 7.03. The molecule has 0 aliphatic heterocycles. The fourth-order valence-corrected chi connectivity index (χ4v) is 1.65. The molecule has 0 aliphatic rings. The molecule has 19 heavy (non-hydrogen) atoms. The zero-order chi connectivity index (χ0) is 14.5. The maximum Gasteiger partial charge on any atom is 0.390 e. The molecule has 1 unspecified atom stereocenters. The van der Waals surface area contributed by atoms with Gasteiger partial charge in [0.1, 0.15) is 0 Å². The van der Waals surface area contributed by atoms with Crippen LogP contribution in [0.4, 0.5) is 18.9 Å². The number of amides is 1. The maximum atomic E-state index is 12.1. The van der Waals surface area contributed by atoms with Gasteiger partial charge < -0.3 is 10.6 Å². The zero-order valence-corrected chi connectivity index (χ0v) is 11.0. The lowest BCUT2D eigenvalue weighted by atomic mass is 10.2. The van der Waals surface area contributed by atoms with Gasteiger partial charge in [-0.3, -0.25) is 4.79 Å². The summed E-state index contributed by atoms with van der Waals surface area (Å²) in [4.78, 5) is 11.5. The molecule has 1 rings (SSSR count). The fraction of sp³-hybridized carbons (Fsp3) is 0.417. The molecule has 0 bridgehead atoms. The average Bonchev–Trinajstić information content (AvgIpc) is 2.24. The van der Waals surface area contributed by atoms with E-state index >= 15 is 0 Å². The van der Waals surface area contributed by atoms with Gasteiger partial charge in [0.25, 0.3) is 0 Å². The second-order valence-electron chi connectivity index (χ2n) is 4.16. The lowest BCUT2D eigenvalue weighted by Crippen LogP contribution is -2.37. The molecular weight excluding hydrogens is 281 g/mol. The number of benzene rings is 1. The highest BCUT2D eigenvalue weighted by Gasteiger charge is 2.29. The molecule has 1 atom stereocenters. The summed E-state index contributed by atoms with van der Waals surface area (Å²) in [6.45, 7) is 1.18. The van der Waals surface area contributed by atoms with Gasteiger partial charge in [0.15, 0.2) is 0 Å². The number of alkyl halides is 3. The predicted octanol–water partition coefficient (Wildman–Crippen LogP) is 3.21. The van der Waals surface area contributed by atoms with Crippen LogP contribution in [-0.4, -0.2) is 24.7 Å².